The molecule has 24 heavy (non-hydrogen) atoms. The molecule has 5 nitrogen and oxygen atoms in total. The second kappa shape index (κ2) is 6.69. The maximum atomic E-state index is 12.3. The van der Waals surface area contributed by atoms with Crippen molar-refractivity contribution in [1.82, 2.24) is 5.32 Å². The van der Waals surface area contributed by atoms with Crippen LogP contribution >= 0.6 is 0 Å². The third-order valence-corrected chi connectivity index (χ3v) is 6.79. The van der Waals surface area contributed by atoms with E-state index in [-0.39, 0.29) is 17.4 Å². The van der Waals surface area contributed by atoms with Crippen LogP contribution in [0.15, 0.2) is 36.4 Å². The number of sulfone groups is 1. The van der Waals surface area contributed by atoms with Gasteiger partial charge in [0.15, 0.2) is 16.4 Å². The van der Waals surface area contributed by atoms with Crippen molar-refractivity contribution in [2.24, 2.45) is 0 Å². The molecule has 0 spiro atoms. The van der Waals surface area contributed by atoms with Crippen LogP contribution in [-0.4, -0.2) is 51.0 Å². The van der Waals surface area contributed by atoms with Crippen LogP contribution in [-0.2, 0) is 14.6 Å². The van der Waals surface area contributed by atoms with E-state index in [1.54, 1.807) is 0 Å². The molecular weight excluding hydrogens is 324 g/mol. The second-order valence-electron chi connectivity index (χ2n) is 7.18. The largest absolute Gasteiger partial charge is 0.345 e. The minimum absolute atomic E-state index is 0.0545. The Morgan fingerprint density at radius 2 is 2.04 bits per heavy atom. The number of rotatable bonds is 4. The lowest BCUT2D eigenvalue weighted by molar-refractivity contribution is -0.886. The number of carbonyl (C=O) groups excluding carboxylic acids is 1. The molecule has 1 amide bonds. The molecule has 0 aromatic heterocycles. The number of carbonyl (C=O) groups is 1. The lowest BCUT2D eigenvalue weighted by atomic mass is 9.99. The van der Waals surface area contributed by atoms with E-state index in [4.69, 9.17) is 0 Å². The van der Waals surface area contributed by atoms with E-state index in [1.807, 2.05) is 25.1 Å². The maximum Gasteiger partial charge on any atom is 0.275 e. The Balaban J connectivity index is 1.53. The zero-order valence-corrected chi connectivity index (χ0v) is 14.9. The summed E-state index contributed by atoms with van der Waals surface area (Å²) in [6.07, 6.45) is 3.68. The van der Waals surface area contributed by atoms with Crippen LogP contribution in [0.1, 0.15) is 25.3 Å². The van der Waals surface area contributed by atoms with Gasteiger partial charge in [-0.1, -0.05) is 30.3 Å². The van der Waals surface area contributed by atoms with E-state index in [0.717, 1.165) is 19.5 Å². The number of benzene rings is 1. The van der Waals surface area contributed by atoms with Crippen LogP contribution in [0.4, 0.5) is 0 Å². The highest BCUT2D eigenvalue weighted by molar-refractivity contribution is 7.91. The highest BCUT2D eigenvalue weighted by atomic mass is 32.2. The normalized spacial score (nSPS) is 29.0. The van der Waals surface area contributed by atoms with Crippen molar-refractivity contribution < 1.29 is 18.1 Å². The van der Waals surface area contributed by atoms with Crippen molar-refractivity contribution in [1.29, 1.82) is 0 Å². The summed E-state index contributed by atoms with van der Waals surface area (Å²) in [5, 5.41) is 2.94. The van der Waals surface area contributed by atoms with Gasteiger partial charge in [0, 0.05) is 6.42 Å². The fraction of sp³-hybridized carbons (Fsp3) is 0.500. The van der Waals surface area contributed by atoms with E-state index >= 15 is 0 Å². The Kier molecular flexibility index (Phi) is 4.78. The Morgan fingerprint density at radius 3 is 2.62 bits per heavy atom. The van der Waals surface area contributed by atoms with E-state index in [2.05, 4.69) is 23.5 Å². The number of hydrogen-bond acceptors (Lipinski definition) is 3. The summed E-state index contributed by atoms with van der Waals surface area (Å²) in [7, 11) is -3.00. The smallest absolute Gasteiger partial charge is 0.275 e. The lowest BCUT2D eigenvalue weighted by Gasteiger charge is -2.27. The molecule has 0 radical (unpaired) electrons. The summed E-state index contributed by atoms with van der Waals surface area (Å²) in [5.74, 6) is 0.170. The molecule has 1 aromatic carbocycles. The first-order valence-corrected chi connectivity index (χ1v) is 10.3. The van der Waals surface area contributed by atoms with Gasteiger partial charge in [-0.2, -0.15) is 0 Å². The summed E-state index contributed by atoms with van der Waals surface area (Å²) in [4.78, 5) is 13.5. The first-order chi connectivity index (χ1) is 11.4. The lowest BCUT2D eigenvalue weighted by Crippen LogP contribution is -3.13. The summed E-state index contributed by atoms with van der Waals surface area (Å²) >= 11 is 0. The van der Waals surface area contributed by atoms with Crippen molar-refractivity contribution >= 4 is 21.3 Å². The van der Waals surface area contributed by atoms with E-state index in [9.17, 15) is 13.2 Å². The van der Waals surface area contributed by atoms with Gasteiger partial charge in [-0.15, -0.1) is 0 Å². The summed E-state index contributed by atoms with van der Waals surface area (Å²) in [6.45, 7) is 3.97. The molecule has 1 aromatic rings. The number of hydrogen-bond donors (Lipinski definition) is 2. The first kappa shape index (κ1) is 17.2. The van der Waals surface area contributed by atoms with Crippen molar-refractivity contribution in [3.8, 4) is 0 Å². The zero-order valence-electron chi connectivity index (χ0n) is 14.0. The zero-order chi connectivity index (χ0) is 17.2. The number of quaternary nitrogens is 1. The SMILES string of the molecule is C[C@]1(NC(=O)C[NH+]2CC=C(c3ccccc3)CC2)CCS(=O)(=O)C1. The molecule has 1 fully saturated rings. The molecule has 0 bridgehead atoms. The van der Waals surface area contributed by atoms with Gasteiger partial charge < -0.3 is 10.2 Å². The monoisotopic (exact) mass is 349 g/mol. The fourth-order valence-electron chi connectivity index (χ4n) is 3.57. The average molecular weight is 349 g/mol. The van der Waals surface area contributed by atoms with Crippen LogP contribution in [0.5, 0.6) is 0 Å². The van der Waals surface area contributed by atoms with Crippen LogP contribution < -0.4 is 10.2 Å². The first-order valence-electron chi connectivity index (χ1n) is 8.45. The minimum Gasteiger partial charge on any atom is -0.345 e. The molecule has 2 heterocycles. The van der Waals surface area contributed by atoms with E-state index < -0.39 is 15.4 Å². The molecule has 6 heteroatoms. The van der Waals surface area contributed by atoms with Crippen molar-refractivity contribution in [2.45, 2.75) is 25.3 Å². The summed E-state index contributed by atoms with van der Waals surface area (Å²) in [6, 6.07) is 10.3. The molecule has 0 aliphatic carbocycles. The van der Waals surface area contributed by atoms with Gasteiger partial charge in [-0.25, -0.2) is 8.42 Å². The van der Waals surface area contributed by atoms with Gasteiger partial charge in [-0.05, 0) is 30.6 Å². The van der Waals surface area contributed by atoms with E-state index in [1.165, 1.54) is 16.0 Å². The Labute approximate surface area is 143 Å². The molecule has 2 N–H and O–H groups in total. The molecule has 2 atom stereocenters. The van der Waals surface area contributed by atoms with Crippen molar-refractivity contribution in [3.05, 3.63) is 42.0 Å². The predicted molar refractivity (Wildman–Crippen MR) is 94.4 cm³/mol. The Morgan fingerprint density at radius 1 is 1.29 bits per heavy atom. The molecular formula is C18H25N2O3S+. The van der Waals surface area contributed by atoms with Gasteiger partial charge in [0.25, 0.3) is 5.91 Å². The Hall–Kier alpha value is -1.66. The highest BCUT2D eigenvalue weighted by Gasteiger charge is 2.39. The number of amides is 1. The van der Waals surface area contributed by atoms with Crippen molar-refractivity contribution in [2.75, 3.05) is 31.1 Å². The van der Waals surface area contributed by atoms with Crippen LogP contribution in [0.2, 0.25) is 0 Å². The average Bonchev–Trinajstić information content (AvgIpc) is 2.82. The standard InChI is InChI=1S/C18H24N2O3S/c1-18(9-12-24(22,23)14-18)19-17(21)13-20-10-7-16(8-11-20)15-5-3-2-4-6-15/h2-7H,8-14H2,1H3,(H,19,21)/p+1/t18-/m0/s1. The van der Waals surface area contributed by atoms with E-state index in [0.29, 0.717) is 13.0 Å². The van der Waals surface area contributed by atoms with Crippen LogP contribution in [0, 0.1) is 0 Å². The maximum absolute atomic E-state index is 12.3. The van der Waals surface area contributed by atoms with Gasteiger partial charge in [0.05, 0.1) is 30.1 Å². The molecule has 2 aliphatic heterocycles. The summed E-state index contributed by atoms with van der Waals surface area (Å²) < 4.78 is 23.2. The molecule has 130 valence electrons. The molecule has 1 unspecified atom stereocenters. The molecule has 2 aliphatic rings. The minimum atomic E-state index is -3.00. The topological polar surface area (TPSA) is 67.7 Å². The van der Waals surface area contributed by atoms with Crippen LogP contribution in [0.25, 0.3) is 5.57 Å². The molecule has 3 rings (SSSR count). The second-order valence-corrected chi connectivity index (χ2v) is 9.36. The number of nitrogens with one attached hydrogen (secondary N) is 2. The Bertz CT molecular complexity index is 743. The quantitative estimate of drug-likeness (QED) is 0.807. The van der Waals surface area contributed by atoms with Gasteiger partial charge in [0.1, 0.15) is 0 Å². The van der Waals surface area contributed by atoms with Gasteiger partial charge in [-0.3, -0.25) is 4.79 Å². The van der Waals surface area contributed by atoms with Gasteiger partial charge in [0.2, 0.25) is 0 Å². The molecule has 0 saturated carbocycles. The van der Waals surface area contributed by atoms with Gasteiger partial charge >= 0.3 is 0 Å². The van der Waals surface area contributed by atoms with Crippen LogP contribution in [0.3, 0.4) is 0 Å². The third-order valence-electron chi connectivity index (χ3n) is 4.88. The van der Waals surface area contributed by atoms with Crippen molar-refractivity contribution in [3.63, 3.8) is 0 Å². The molecule has 1 saturated heterocycles. The third kappa shape index (κ3) is 4.24. The fourth-order valence-corrected chi connectivity index (χ4v) is 5.67. The predicted octanol–water partition coefficient (Wildman–Crippen LogP) is 0.0520. The summed E-state index contributed by atoms with van der Waals surface area (Å²) in [5.41, 5.74) is 1.99. The highest BCUT2D eigenvalue weighted by Crippen LogP contribution is 2.22.